The maximum atomic E-state index is 13.3. The van der Waals surface area contributed by atoms with E-state index in [4.69, 9.17) is 5.73 Å². The van der Waals surface area contributed by atoms with Crippen LogP contribution in [0, 0.1) is 5.92 Å². The maximum absolute atomic E-state index is 13.3. The van der Waals surface area contributed by atoms with Crippen molar-refractivity contribution in [3.8, 4) is 0 Å². The van der Waals surface area contributed by atoms with Gasteiger partial charge in [0.25, 0.3) is 0 Å². The van der Waals surface area contributed by atoms with Crippen LogP contribution in [0.4, 0.5) is 30.6 Å². The Labute approximate surface area is 148 Å². The van der Waals surface area contributed by atoms with Crippen LogP contribution in [0.15, 0.2) is 30.5 Å². The van der Waals surface area contributed by atoms with Crippen LogP contribution in [0.25, 0.3) is 0 Å². The molecule has 6 nitrogen and oxygen atoms in total. The molecule has 138 valence electrons. The molecule has 1 aromatic heterocycles. The van der Waals surface area contributed by atoms with E-state index in [-0.39, 0.29) is 11.8 Å². The molecule has 9 heteroatoms. The third-order valence-corrected chi connectivity index (χ3v) is 4.22. The van der Waals surface area contributed by atoms with E-state index < -0.39 is 17.6 Å². The molecule has 2 heterocycles. The number of amides is 1. The summed E-state index contributed by atoms with van der Waals surface area (Å²) in [5.41, 5.74) is 5.20. The van der Waals surface area contributed by atoms with Gasteiger partial charge in [-0.05, 0) is 36.6 Å². The molecule has 1 amide bonds. The lowest BCUT2D eigenvalue weighted by Gasteiger charge is -2.22. The van der Waals surface area contributed by atoms with Gasteiger partial charge in [0.05, 0.1) is 0 Å². The Bertz CT molecular complexity index is 807. The highest BCUT2D eigenvalue weighted by atomic mass is 19.4. The Hall–Kier alpha value is -2.84. The summed E-state index contributed by atoms with van der Waals surface area (Å²) < 4.78 is 39.9. The second-order valence-corrected chi connectivity index (χ2v) is 6.34. The van der Waals surface area contributed by atoms with Gasteiger partial charge in [-0.3, -0.25) is 4.79 Å². The monoisotopic (exact) mass is 365 g/mol. The lowest BCUT2D eigenvalue weighted by atomic mass is 10.2. The second kappa shape index (κ2) is 6.81. The molecule has 2 aromatic rings. The van der Waals surface area contributed by atoms with Crippen molar-refractivity contribution in [3.05, 3.63) is 41.6 Å². The smallest absolute Gasteiger partial charge is 0.366 e. The van der Waals surface area contributed by atoms with E-state index in [0.29, 0.717) is 30.3 Å². The Kier molecular flexibility index (Phi) is 4.71. The molecule has 1 saturated heterocycles. The van der Waals surface area contributed by atoms with E-state index in [1.54, 1.807) is 17.0 Å². The zero-order valence-corrected chi connectivity index (χ0v) is 14.0. The molecule has 0 spiro atoms. The number of carbonyl (C=O) groups is 1. The van der Waals surface area contributed by atoms with Crippen molar-refractivity contribution >= 4 is 23.4 Å². The number of hydrogen-bond donors (Lipinski definition) is 2. The van der Waals surface area contributed by atoms with Crippen LogP contribution in [0.5, 0.6) is 0 Å². The SMILES string of the molecule is CC1CCN(c2nc(Nc3ccc(C(N)=O)cc3)ncc2C(F)(F)F)C1. The number of aromatic nitrogens is 2. The van der Waals surface area contributed by atoms with Gasteiger partial charge in [0.2, 0.25) is 11.9 Å². The number of primary amides is 1. The topological polar surface area (TPSA) is 84.1 Å². The molecule has 0 radical (unpaired) electrons. The number of rotatable bonds is 4. The van der Waals surface area contributed by atoms with Crippen LogP contribution >= 0.6 is 0 Å². The van der Waals surface area contributed by atoms with E-state index >= 15 is 0 Å². The van der Waals surface area contributed by atoms with Crippen molar-refractivity contribution in [1.82, 2.24) is 9.97 Å². The average molecular weight is 365 g/mol. The molecule has 0 aliphatic carbocycles. The first-order chi connectivity index (χ1) is 12.2. The van der Waals surface area contributed by atoms with Crippen molar-refractivity contribution in [2.75, 3.05) is 23.3 Å². The Morgan fingerprint density at radius 1 is 1.31 bits per heavy atom. The van der Waals surface area contributed by atoms with Gasteiger partial charge in [0, 0.05) is 30.5 Å². The van der Waals surface area contributed by atoms with Gasteiger partial charge in [0.1, 0.15) is 11.4 Å². The predicted octanol–water partition coefficient (Wildman–Crippen LogP) is 3.18. The fraction of sp³-hybridized carbons (Fsp3) is 0.353. The van der Waals surface area contributed by atoms with Crippen LogP contribution in [0.3, 0.4) is 0 Å². The molecule has 26 heavy (non-hydrogen) atoms. The average Bonchev–Trinajstić information content (AvgIpc) is 3.01. The highest BCUT2D eigenvalue weighted by molar-refractivity contribution is 5.93. The number of nitrogens with zero attached hydrogens (tertiary/aromatic N) is 3. The summed E-state index contributed by atoms with van der Waals surface area (Å²) in [5.74, 6) is -0.316. The predicted molar refractivity (Wildman–Crippen MR) is 91.3 cm³/mol. The number of anilines is 3. The lowest BCUT2D eigenvalue weighted by Crippen LogP contribution is -2.25. The number of hydrogen-bond acceptors (Lipinski definition) is 5. The molecule has 1 atom stereocenters. The molecule has 0 saturated carbocycles. The van der Waals surface area contributed by atoms with E-state index in [0.717, 1.165) is 12.6 Å². The van der Waals surface area contributed by atoms with Crippen molar-refractivity contribution in [3.63, 3.8) is 0 Å². The summed E-state index contributed by atoms with van der Waals surface area (Å²) in [7, 11) is 0. The minimum Gasteiger partial charge on any atom is -0.366 e. The van der Waals surface area contributed by atoms with Gasteiger partial charge in [0.15, 0.2) is 0 Å². The van der Waals surface area contributed by atoms with Crippen molar-refractivity contribution in [1.29, 1.82) is 0 Å². The summed E-state index contributed by atoms with van der Waals surface area (Å²) >= 11 is 0. The molecule has 1 aliphatic rings. The Balaban J connectivity index is 1.89. The number of nitrogens with one attached hydrogen (secondary N) is 1. The quantitative estimate of drug-likeness (QED) is 0.869. The summed E-state index contributed by atoms with van der Waals surface area (Å²) in [6.07, 6.45) is -2.91. The number of benzene rings is 1. The first-order valence-electron chi connectivity index (χ1n) is 8.10. The number of alkyl halides is 3. The van der Waals surface area contributed by atoms with E-state index in [2.05, 4.69) is 15.3 Å². The third-order valence-electron chi connectivity index (χ3n) is 4.22. The highest BCUT2D eigenvalue weighted by Gasteiger charge is 2.38. The number of carbonyl (C=O) groups excluding carboxylic acids is 1. The van der Waals surface area contributed by atoms with Crippen molar-refractivity contribution < 1.29 is 18.0 Å². The summed E-state index contributed by atoms with van der Waals surface area (Å²) in [6, 6.07) is 6.19. The fourth-order valence-corrected chi connectivity index (χ4v) is 2.85. The van der Waals surface area contributed by atoms with E-state index in [1.807, 2.05) is 6.92 Å². The maximum Gasteiger partial charge on any atom is 0.421 e. The molecule has 1 fully saturated rings. The molecule has 1 aromatic carbocycles. The Morgan fingerprint density at radius 3 is 2.54 bits per heavy atom. The molecule has 1 aliphatic heterocycles. The zero-order chi connectivity index (χ0) is 18.9. The number of halogens is 3. The number of nitrogens with two attached hydrogens (primary N) is 1. The van der Waals surface area contributed by atoms with Gasteiger partial charge in [-0.2, -0.15) is 18.2 Å². The summed E-state index contributed by atoms with van der Waals surface area (Å²) in [6.45, 7) is 3.04. The van der Waals surface area contributed by atoms with Crippen molar-refractivity contribution in [2.45, 2.75) is 19.5 Å². The largest absolute Gasteiger partial charge is 0.421 e. The van der Waals surface area contributed by atoms with Crippen molar-refractivity contribution in [2.24, 2.45) is 11.7 Å². The van der Waals surface area contributed by atoms with E-state index in [1.165, 1.54) is 12.1 Å². The van der Waals surface area contributed by atoms with Gasteiger partial charge in [-0.15, -0.1) is 0 Å². The summed E-state index contributed by atoms with van der Waals surface area (Å²) in [5, 5.41) is 2.86. The first kappa shape index (κ1) is 18.0. The first-order valence-corrected chi connectivity index (χ1v) is 8.10. The van der Waals surface area contributed by atoms with Crippen LogP contribution in [0.2, 0.25) is 0 Å². The lowest BCUT2D eigenvalue weighted by molar-refractivity contribution is -0.137. The third kappa shape index (κ3) is 3.87. The van der Waals surface area contributed by atoms with Crippen LogP contribution in [-0.2, 0) is 6.18 Å². The molecule has 3 rings (SSSR count). The van der Waals surface area contributed by atoms with Gasteiger partial charge in [-0.1, -0.05) is 6.92 Å². The molecular weight excluding hydrogens is 347 g/mol. The molecule has 0 bridgehead atoms. The van der Waals surface area contributed by atoms with Crippen LogP contribution < -0.4 is 16.0 Å². The van der Waals surface area contributed by atoms with Crippen LogP contribution in [0.1, 0.15) is 29.3 Å². The minimum absolute atomic E-state index is 0.0550. The zero-order valence-electron chi connectivity index (χ0n) is 14.0. The molecule has 3 N–H and O–H groups in total. The van der Waals surface area contributed by atoms with Gasteiger partial charge in [-0.25, -0.2) is 4.98 Å². The molecule has 1 unspecified atom stereocenters. The van der Waals surface area contributed by atoms with Crippen LogP contribution in [-0.4, -0.2) is 29.0 Å². The normalized spacial score (nSPS) is 17.4. The standard InChI is InChI=1S/C17H18F3N5O/c1-10-6-7-25(9-10)15-13(17(18,19)20)8-22-16(24-15)23-12-4-2-11(3-5-12)14(21)26/h2-5,8,10H,6-7,9H2,1H3,(H2,21,26)(H,22,23,24). The van der Waals surface area contributed by atoms with Gasteiger partial charge >= 0.3 is 6.18 Å². The Morgan fingerprint density at radius 2 is 2.00 bits per heavy atom. The van der Waals surface area contributed by atoms with E-state index in [9.17, 15) is 18.0 Å². The van der Waals surface area contributed by atoms with Gasteiger partial charge < -0.3 is 16.0 Å². The second-order valence-electron chi connectivity index (χ2n) is 6.34. The minimum atomic E-state index is -4.52. The summed E-state index contributed by atoms with van der Waals surface area (Å²) in [4.78, 5) is 20.6. The highest BCUT2D eigenvalue weighted by Crippen LogP contribution is 2.37. The fourth-order valence-electron chi connectivity index (χ4n) is 2.85. The molecular formula is C17H18F3N5O.